The summed E-state index contributed by atoms with van der Waals surface area (Å²) in [7, 11) is 0. The molecule has 0 saturated heterocycles. The van der Waals surface area contributed by atoms with Gasteiger partial charge in [-0.15, -0.1) is 0 Å². The van der Waals surface area contributed by atoms with E-state index < -0.39 is 23.8 Å². The standard InChI is InChI=1S/2C7H6O2.2C6H6N2O.Cu/c2*8-7(9)6-4-2-1-3-5-6;2*7-6(9)5-2-1-3-8-4-5;/h2*1-5H,(H,8,9);2*1-4H,(H2,7,9);/q;;;;+2/p-2. The van der Waals surface area contributed by atoms with E-state index in [2.05, 4.69) is 9.97 Å². The van der Waals surface area contributed by atoms with Gasteiger partial charge in [0, 0.05) is 24.8 Å². The first-order valence-electron chi connectivity index (χ1n) is 10.1. The zero-order valence-electron chi connectivity index (χ0n) is 19.2. The third kappa shape index (κ3) is 14.2. The Kier molecular flexibility index (Phi) is 16.0. The van der Waals surface area contributed by atoms with E-state index in [-0.39, 0.29) is 28.2 Å². The van der Waals surface area contributed by atoms with Crippen molar-refractivity contribution in [2.45, 2.75) is 0 Å². The first-order chi connectivity index (χ1) is 17.2. The molecular weight excluding hydrogens is 528 g/mol. The molecule has 4 rings (SSSR count). The molecule has 0 fully saturated rings. The minimum absolute atomic E-state index is 0. The Hall–Kier alpha value is -4.86. The molecule has 0 bridgehead atoms. The average molecular weight is 550 g/mol. The molecule has 0 saturated carbocycles. The van der Waals surface area contributed by atoms with Crippen LogP contribution in [0.25, 0.3) is 0 Å². The van der Waals surface area contributed by atoms with E-state index in [9.17, 15) is 29.4 Å². The van der Waals surface area contributed by atoms with Crippen LogP contribution in [0.5, 0.6) is 0 Å². The van der Waals surface area contributed by atoms with Crippen molar-refractivity contribution in [3.63, 3.8) is 0 Å². The van der Waals surface area contributed by atoms with Gasteiger partial charge in [0.05, 0.1) is 23.1 Å². The number of carboxylic acid groups (broad SMARTS) is 2. The summed E-state index contributed by atoms with van der Waals surface area (Å²) in [5.74, 6) is -3.14. The molecule has 2 aromatic carbocycles. The second kappa shape index (κ2) is 18.5. The summed E-state index contributed by atoms with van der Waals surface area (Å²) < 4.78 is 0. The number of aromatic carboxylic acids is 2. The van der Waals surface area contributed by atoms with Crippen molar-refractivity contribution in [1.29, 1.82) is 0 Å². The number of primary amides is 2. The Balaban J connectivity index is 0.000000463. The second-order valence-electron chi connectivity index (χ2n) is 6.52. The van der Waals surface area contributed by atoms with E-state index in [1.807, 2.05) is 0 Å². The SMILES string of the molecule is NC(=O)c1cccnc1.NC(=O)c1cccnc1.O=C([O-])c1ccccc1.O=C([O-])c1ccccc1.[Cu+2]. The van der Waals surface area contributed by atoms with Crippen LogP contribution in [-0.4, -0.2) is 33.7 Å². The number of carbonyl (C=O) groups excluding carboxylic acids is 4. The second-order valence-corrected chi connectivity index (χ2v) is 6.52. The van der Waals surface area contributed by atoms with Crippen molar-refractivity contribution in [1.82, 2.24) is 9.97 Å². The Morgan fingerprint density at radius 3 is 0.973 bits per heavy atom. The molecule has 0 aliphatic rings. The van der Waals surface area contributed by atoms with E-state index in [1.165, 1.54) is 36.7 Å². The van der Waals surface area contributed by atoms with Crippen molar-refractivity contribution in [3.05, 3.63) is 132 Å². The summed E-state index contributed by atoms with van der Waals surface area (Å²) in [4.78, 5) is 48.4. The molecule has 1 radical (unpaired) electrons. The van der Waals surface area contributed by atoms with Crippen LogP contribution >= 0.6 is 0 Å². The smallest absolute Gasteiger partial charge is 0.545 e. The van der Waals surface area contributed by atoms with Crippen LogP contribution < -0.4 is 21.7 Å². The Labute approximate surface area is 223 Å². The largest absolute Gasteiger partial charge is 2.00 e. The maximum atomic E-state index is 10.4. The van der Waals surface area contributed by atoms with E-state index in [0.29, 0.717) is 11.1 Å². The number of aromatic nitrogens is 2. The number of hydrogen-bond donors (Lipinski definition) is 2. The summed E-state index contributed by atoms with van der Waals surface area (Å²) in [6.45, 7) is 0. The molecule has 4 N–H and O–H groups in total. The third-order valence-corrected chi connectivity index (χ3v) is 3.91. The number of nitrogens with two attached hydrogens (primary N) is 2. The number of pyridine rings is 2. The molecular formula is C26H22CuN4O6. The Morgan fingerprint density at radius 2 is 0.811 bits per heavy atom. The molecule has 0 spiro atoms. The molecule has 0 aliphatic carbocycles. The Morgan fingerprint density at radius 1 is 0.514 bits per heavy atom. The molecule has 2 aromatic heterocycles. The molecule has 4 aromatic rings. The fourth-order valence-electron chi connectivity index (χ4n) is 2.17. The van der Waals surface area contributed by atoms with Gasteiger partial charge in [-0.2, -0.15) is 0 Å². The van der Waals surface area contributed by atoms with Crippen molar-refractivity contribution in [2.24, 2.45) is 11.5 Å². The van der Waals surface area contributed by atoms with E-state index in [0.717, 1.165) is 0 Å². The number of rotatable bonds is 4. The predicted molar refractivity (Wildman–Crippen MR) is 127 cm³/mol. The summed E-state index contributed by atoms with van der Waals surface area (Å²) in [5, 5.41) is 20.2. The normalized spacial score (nSPS) is 8.65. The first kappa shape index (κ1) is 32.1. The van der Waals surface area contributed by atoms with Crippen LogP contribution in [0.15, 0.2) is 110 Å². The molecule has 10 nitrogen and oxygen atoms in total. The molecule has 193 valence electrons. The fraction of sp³-hybridized carbons (Fsp3) is 0. The van der Waals surface area contributed by atoms with Gasteiger partial charge in [0.15, 0.2) is 0 Å². The molecule has 2 heterocycles. The van der Waals surface area contributed by atoms with Gasteiger partial charge in [0.25, 0.3) is 0 Å². The van der Waals surface area contributed by atoms with Gasteiger partial charge in [0.1, 0.15) is 0 Å². The maximum absolute atomic E-state index is 10.4. The number of amides is 2. The molecule has 11 heteroatoms. The van der Waals surface area contributed by atoms with Crippen LogP contribution in [0.1, 0.15) is 41.4 Å². The summed E-state index contributed by atoms with van der Waals surface area (Å²) >= 11 is 0. The quantitative estimate of drug-likeness (QED) is 0.342. The zero-order valence-corrected chi connectivity index (χ0v) is 20.1. The van der Waals surface area contributed by atoms with Crippen LogP contribution in [0.3, 0.4) is 0 Å². The number of nitrogens with zero attached hydrogens (tertiary/aromatic N) is 2. The zero-order chi connectivity index (χ0) is 26.8. The minimum Gasteiger partial charge on any atom is -0.545 e. The van der Waals surface area contributed by atoms with Crippen molar-refractivity contribution < 1.29 is 46.5 Å². The summed E-state index contributed by atoms with van der Waals surface area (Å²) in [5.41, 5.74) is 11.2. The molecule has 2 amide bonds. The van der Waals surface area contributed by atoms with Crippen molar-refractivity contribution in [3.8, 4) is 0 Å². The number of benzene rings is 2. The fourth-order valence-corrected chi connectivity index (χ4v) is 2.17. The van der Waals surface area contributed by atoms with E-state index in [4.69, 9.17) is 11.5 Å². The van der Waals surface area contributed by atoms with Crippen LogP contribution in [-0.2, 0) is 17.1 Å². The third-order valence-electron chi connectivity index (χ3n) is 3.91. The van der Waals surface area contributed by atoms with Crippen LogP contribution in [0.4, 0.5) is 0 Å². The van der Waals surface area contributed by atoms with Crippen molar-refractivity contribution in [2.75, 3.05) is 0 Å². The van der Waals surface area contributed by atoms with Gasteiger partial charge in [-0.3, -0.25) is 19.6 Å². The van der Waals surface area contributed by atoms with E-state index >= 15 is 0 Å². The monoisotopic (exact) mass is 549 g/mol. The summed E-state index contributed by atoms with van der Waals surface area (Å²) in [6, 6.07) is 22.7. The van der Waals surface area contributed by atoms with Crippen LogP contribution in [0, 0.1) is 0 Å². The molecule has 0 unspecified atom stereocenters. The van der Waals surface area contributed by atoms with E-state index in [1.54, 1.807) is 73.1 Å². The van der Waals surface area contributed by atoms with Gasteiger partial charge in [0.2, 0.25) is 11.8 Å². The van der Waals surface area contributed by atoms with Gasteiger partial charge in [-0.25, -0.2) is 0 Å². The number of hydrogen-bond acceptors (Lipinski definition) is 8. The maximum Gasteiger partial charge on any atom is 2.00 e. The minimum atomic E-state index is -1.13. The van der Waals surface area contributed by atoms with Gasteiger partial charge in [-0.1, -0.05) is 60.7 Å². The van der Waals surface area contributed by atoms with Gasteiger partial charge < -0.3 is 31.3 Å². The van der Waals surface area contributed by atoms with Gasteiger partial charge >= 0.3 is 17.1 Å². The topological polar surface area (TPSA) is 192 Å². The Bertz CT molecular complexity index is 1030. The average Bonchev–Trinajstić information content (AvgIpc) is 2.92. The molecule has 0 atom stereocenters. The summed E-state index contributed by atoms with van der Waals surface area (Å²) in [6.07, 6.45) is 6.05. The molecule has 37 heavy (non-hydrogen) atoms. The van der Waals surface area contributed by atoms with Crippen LogP contribution in [0.2, 0.25) is 0 Å². The number of carboxylic acids is 2. The predicted octanol–water partition coefficient (Wildman–Crippen LogP) is 0.459. The first-order valence-corrected chi connectivity index (χ1v) is 10.1. The van der Waals surface area contributed by atoms with Crippen molar-refractivity contribution >= 4 is 23.8 Å². The van der Waals surface area contributed by atoms with Gasteiger partial charge in [-0.05, 0) is 35.4 Å². The number of carbonyl (C=O) groups is 4. The molecule has 0 aliphatic heterocycles.